The fourth-order valence-corrected chi connectivity index (χ4v) is 3.12. The van der Waals surface area contributed by atoms with Crippen LogP contribution in [0.15, 0.2) is 36.5 Å². The molecule has 158 valence electrons. The highest BCUT2D eigenvalue weighted by molar-refractivity contribution is 5.76. The molecule has 2 aromatic rings. The SMILES string of the molecule is CNC(=O)CC1CN(Cc2cccc(C)c2)Cc2ccnn21.O=C(O)C(F)(F)F. The topological polar surface area (TPSA) is 87.5 Å². The van der Waals surface area contributed by atoms with Gasteiger partial charge in [-0.15, -0.1) is 0 Å². The number of amides is 1. The number of rotatable bonds is 4. The summed E-state index contributed by atoms with van der Waals surface area (Å²) in [6.07, 6.45) is -2.79. The molecule has 0 aliphatic carbocycles. The molecule has 1 amide bonds. The van der Waals surface area contributed by atoms with Gasteiger partial charge in [-0.25, -0.2) is 4.79 Å². The number of carbonyl (C=O) groups excluding carboxylic acids is 1. The molecule has 0 bridgehead atoms. The van der Waals surface area contributed by atoms with Gasteiger partial charge in [-0.1, -0.05) is 29.8 Å². The first kappa shape index (κ1) is 22.4. The van der Waals surface area contributed by atoms with Gasteiger partial charge in [0.15, 0.2) is 0 Å². The number of alkyl halides is 3. The summed E-state index contributed by atoms with van der Waals surface area (Å²) >= 11 is 0. The van der Waals surface area contributed by atoms with Crippen LogP contribution in [0.5, 0.6) is 0 Å². The number of halogens is 3. The minimum Gasteiger partial charge on any atom is -0.475 e. The molecule has 0 saturated carbocycles. The van der Waals surface area contributed by atoms with Crippen LogP contribution >= 0.6 is 0 Å². The van der Waals surface area contributed by atoms with E-state index in [4.69, 9.17) is 9.90 Å². The van der Waals surface area contributed by atoms with Crippen molar-refractivity contribution in [2.24, 2.45) is 0 Å². The molecule has 1 unspecified atom stereocenters. The number of aromatic nitrogens is 2. The van der Waals surface area contributed by atoms with Crippen LogP contribution in [0.25, 0.3) is 0 Å². The second kappa shape index (κ2) is 9.55. The Hall–Kier alpha value is -2.88. The van der Waals surface area contributed by atoms with Crippen molar-refractivity contribution in [1.29, 1.82) is 0 Å². The molecule has 0 radical (unpaired) electrons. The highest BCUT2D eigenvalue weighted by atomic mass is 19.4. The van der Waals surface area contributed by atoms with Gasteiger partial charge in [0.2, 0.25) is 5.91 Å². The van der Waals surface area contributed by atoms with E-state index in [0.29, 0.717) is 6.42 Å². The van der Waals surface area contributed by atoms with Crippen molar-refractivity contribution in [1.82, 2.24) is 20.0 Å². The molecule has 1 aromatic heterocycles. The third-order valence-electron chi connectivity index (χ3n) is 4.38. The number of carbonyl (C=O) groups is 2. The van der Waals surface area contributed by atoms with E-state index in [0.717, 1.165) is 19.6 Å². The fourth-order valence-electron chi connectivity index (χ4n) is 3.12. The Bertz CT molecular complexity index is 851. The first-order chi connectivity index (χ1) is 13.6. The third kappa shape index (κ3) is 6.60. The molecule has 1 aliphatic heterocycles. The number of fused-ring (bicyclic) bond motifs is 1. The van der Waals surface area contributed by atoms with Crippen molar-refractivity contribution >= 4 is 11.9 Å². The van der Waals surface area contributed by atoms with Crippen LogP contribution in [0.4, 0.5) is 13.2 Å². The van der Waals surface area contributed by atoms with Crippen LogP contribution in [0.3, 0.4) is 0 Å². The van der Waals surface area contributed by atoms with Gasteiger partial charge in [0, 0.05) is 32.9 Å². The van der Waals surface area contributed by atoms with Crippen molar-refractivity contribution < 1.29 is 27.9 Å². The molecular formula is C19H23F3N4O3. The molecule has 1 aliphatic rings. The number of nitrogens with zero attached hydrogens (tertiary/aromatic N) is 3. The zero-order valence-corrected chi connectivity index (χ0v) is 16.1. The third-order valence-corrected chi connectivity index (χ3v) is 4.38. The van der Waals surface area contributed by atoms with Crippen molar-refractivity contribution in [2.75, 3.05) is 13.6 Å². The van der Waals surface area contributed by atoms with E-state index in [9.17, 15) is 18.0 Å². The molecule has 10 heteroatoms. The first-order valence-electron chi connectivity index (χ1n) is 8.91. The van der Waals surface area contributed by atoms with E-state index in [1.807, 2.05) is 16.9 Å². The molecule has 1 atom stereocenters. The number of carboxylic acid groups (broad SMARTS) is 1. The normalized spacial score (nSPS) is 16.4. The zero-order valence-electron chi connectivity index (χ0n) is 16.1. The van der Waals surface area contributed by atoms with Gasteiger partial charge in [-0.2, -0.15) is 18.3 Å². The molecule has 1 aromatic carbocycles. The van der Waals surface area contributed by atoms with Gasteiger partial charge >= 0.3 is 12.1 Å². The van der Waals surface area contributed by atoms with Gasteiger partial charge in [-0.3, -0.25) is 14.4 Å². The van der Waals surface area contributed by atoms with Gasteiger partial charge in [-0.05, 0) is 18.6 Å². The van der Waals surface area contributed by atoms with Crippen LogP contribution in [0.1, 0.15) is 29.3 Å². The lowest BCUT2D eigenvalue weighted by molar-refractivity contribution is -0.192. The van der Waals surface area contributed by atoms with E-state index >= 15 is 0 Å². The average molecular weight is 412 g/mol. The minimum absolute atomic E-state index is 0.0591. The summed E-state index contributed by atoms with van der Waals surface area (Å²) < 4.78 is 33.7. The van der Waals surface area contributed by atoms with Crippen LogP contribution in [0.2, 0.25) is 0 Å². The molecule has 2 heterocycles. The van der Waals surface area contributed by atoms with Gasteiger partial charge in [0.25, 0.3) is 0 Å². The van der Waals surface area contributed by atoms with Crippen molar-refractivity contribution in [3.05, 3.63) is 53.3 Å². The second-order valence-electron chi connectivity index (χ2n) is 6.76. The lowest BCUT2D eigenvalue weighted by Crippen LogP contribution is -2.39. The maximum atomic E-state index is 11.8. The Morgan fingerprint density at radius 2 is 2.00 bits per heavy atom. The predicted molar refractivity (Wildman–Crippen MR) is 98.9 cm³/mol. The molecule has 0 saturated heterocycles. The first-order valence-corrected chi connectivity index (χ1v) is 8.91. The van der Waals surface area contributed by atoms with Crippen LogP contribution in [0, 0.1) is 6.92 Å². The quantitative estimate of drug-likeness (QED) is 0.806. The van der Waals surface area contributed by atoms with Crippen LogP contribution in [-0.2, 0) is 22.7 Å². The number of hydrogen-bond donors (Lipinski definition) is 2. The number of aliphatic carboxylic acids is 1. The van der Waals surface area contributed by atoms with Crippen LogP contribution < -0.4 is 5.32 Å². The van der Waals surface area contributed by atoms with E-state index < -0.39 is 12.1 Å². The summed E-state index contributed by atoms with van der Waals surface area (Å²) in [7, 11) is 1.68. The number of benzene rings is 1. The monoisotopic (exact) mass is 412 g/mol. The Labute approximate surface area is 166 Å². The van der Waals surface area contributed by atoms with E-state index in [1.165, 1.54) is 16.8 Å². The van der Waals surface area contributed by atoms with E-state index in [1.54, 1.807) is 7.05 Å². The number of hydrogen-bond acceptors (Lipinski definition) is 4. The van der Waals surface area contributed by atoms with Gasteiger partial charge < -0.3 is 10.4 Å². The Kier molecular flexibility index (Phi) is 7.38. The lowest BCUT2D eigenvalue weighted by Gasteiger charge is -2.33. The maximum absolute atomic E-state index is 11.8. The molecule has 3 rings (SSSR count). The zero-order chi connectivity index (χ0) is 21.6. The van der Waals surface area contributed by atoms with Gasteiger partial charge in [0.1, 0.15) is 0 Å². The van der Waals surface area contributed by atoms with Crippen LogP contribution in [-0.4, -0.2) is 51.4 Å². The molecule has 2 N–H and O–H groups in total. The number of aryl methyl sites for hydroxylation is 1. The Balaban J connectivity index is 0.000000370. The second-order valence-corrected chi connectivity index (χ2v) is 6.76. The standard InChI is InChI=1S/C17H22N4O.C2HF3O2/c1-13-4-3-5-14(8-13)10-20-11-15-6-7-19-21(15)16(12-20)9-17(22)18-2;3-2(4,5)1(6)7/h3-8,16H,9-12H2,1-2H3,(H,18,22);(H,6,7). The molecule has 0 spiro atoms. The smallest absolute Gasteiger partial charge is 0.475 e. The highest BCUT2D eigenvalue weighted by Crippen LogP contribution is 2.24. The summed E-state index contributed by atoms with van der Waals surface area (Å²) in [5.74, 6) is -2.70. The largest absolute Gasteiger partial charge is 0.490 e. The average Bonchev–Trinajstić information content (AvgIpc) is 3.10. The number of carboxylic acids is 1. The Morgan fingerprint density at radius 1 is 1.31 bits per heavy atom. The summed E-state index contributed by atoms with van der Waals surface area (Å²) in [5, 5.41) is 14.2. The molecule has 0 fully saturated rings. The van der Waals surface area contributed by atoms with E-state index in [-0.39, 0.29) is 11.9 Å². The predicted octanol–water partition coefficient (Wildman–Crippen LogP) is 2.52. The highest BCUT2D eigenvalue weighted by Gasteiger charge is 2.38. The summed E-state index contributed by atoms with van der Waals surface area (Å²) in [5.41, 5.74) is 3.76. The lowest BCUT2D eigenvalue weighted by atomic mass is 10.1. The summed E-state index contributed by atoms with van der Waals surface area (Å²) in [6, 6.07) is 10.7. The molecule has 29 heavy (non-hydrogen) atoms. The Morgan fingerprint density at radius 3 is 2.59 bits per heavy atom. The molecule has 7 nitrogen and oxygen atoms in total. The number of nitrogens with one attached hydrogen (secondary N) is 1. The fraction of sp³-hybridized carbons (Fsp3) is 0.421. The summed E-state index contributed by atoms with van der Waals surface area (Å²) in [6.45, 7) is 4.73. The molecular weight excluding hydrogens is 389 g/mol. The minimum atomic E-state index is -5.08. The van der Waals surface area contributed by atoms with Gasteiger partial charge in [0.05, 0.1) is 18.2 Å². The maximum Gasteiger partial charge on any atom is 0.490 e. The van der Waals surface area contributed by atoms with E-state index in [2.05, 4.69) is 46.5 Å². The van der Waals surface area contributed by atoms with Crippen molar-refractivity contribution in [3.63, 3.8) is 0 Å². The van der Waals surface area contributed by atoms with Crippen molar-refractivity contribution in [3.8, 4) is 0 Å². The van der Waals surface area contributed by atoms with Crippen molar-refractivity contribution in [2.45, 2.75) is 38.7 Å². The summed E-state index contributed by atoms with van der Waals surface area (Å²) in [4.78, 5) is 23.0.